The molecule has 0 bridgehead atoms. The molecule has 2 aliphatic rings. The van der Waals surface area contributed by atoms with Crippen LogP contribution < -0.4 is 10.2 Å². The van der Waals surface area contributed by atoms with Gasteiger partial charge in [-0.15, -0.1) is 0 Å². The van der Waals surface area contributed by atoms with Crippen LogP contribution in [0.25, 0.3) is 0 Å². The molecule has 1 aliphatic heterocycles. The molecule has 1 aromatic carbocycles. The number of amides is 1. The van der Waals surface area contributed by atoms with Crippen LogP contribution in [0.15, 0.2) is 18.2 Å². The van der Waals surface area contributed by atoms with E-state index < -0.39 is 0 Å². The minimum Gasteiger partial charge on any atom is -0.450 e. The fourth-order valence-corrected chi connectivity index (χ4v) is 2.81. The van der Waals surface area contributed by atoms with Gasteiger partial charge in [0.15, 0.2) is 0 Å². The first kappa shape index (κ1) is 16.4. The van der Waals surface area contributed by atoms with Crippen LogP contribution in [0.1, 0.15) is 19.8 Å². The average molecular weight is 334 g/mol. The van der Waals surface area contributed by atoms with Crippen molar-refractivity contribution in [3.05, 3.63) is 28.3 Å². The first-order chi connectivity index (χ1) is 11.6. The van der Waals surface area contributed by atoms with Crippen molar-refractivity contribution in [3.8, 4) is 0 Å². The molecule has 1 N–H and O–H groups in total. The molecular weight excluding hydrogens is 312 g/mol. The zero-order chi connectivity index (χ0) is 17.1. The maximum atomic E-state index is 11.7. The number of ether oxygens (including phenoxy) is 1. The summed E-state index contributed by atoms with van der Waals surface area (Å²) in [5.41, 5.74) is 1.62. The SMILES string of the molecule is CCOC(=O)N1CCN(c2ccc([N+](=O)[O-])c(NC3CC3)c2)CC1. The van der Waals surface area contributed by atoms with Crippen LogP contribution in [-0.4, -0.2) is 54.7 Å². The van der Waals surface area contributed by atoms with Gasteiger partial charge in [0.05, 0.1) is 11.5 Å². The van der Waals surface area contributed by atoms with Gasteiger partial charge in [0, 0.05) is 44.0 Å². The lowest BCUT2D eigenvalue weighted by Crippen LogP contribution is -2.49. The van der Waals surface area contributed by atoms with E-state index in [4.69, 9.17) is 4.74 Å². The minimum absolute atomic E-state index is 0.107. The number of nitro groups is 1. The molecule has 1 saturated carbocycles. The lowest BCUT2D eigenvalue weighted by molar-refractivity contribution is -0.384. The second kappa shape index (κ2) is 6.94. The Morgan fingerprint density at radius 3 is 2.62 bits per heavy atom. The number of hydrogen-bond acceptors (Lipinski definition) is 6. The van der Waals surface area contributed by atoms with E-state index in [1.165, 1.54) is 0 Å². The van der Waals surface area contributed by atoms with Crippen molar-refractivity contribution in [1.29, 1.82) is 0 Å². The lowest BCUT2D eigenvalue weighted by atomic mass is 10.2. The van der Waals surface area contributed by atoms with Gasteiger partial charge in [-0.05, 0) is 31.9 Å². The molecule has 24 heavy (non-hydrogen) atoms. The van der Waals surface area contributed by atoms with E-state index in [1.54, 1.807) is 24.0 Å². The Morgan fingerprint density at radius 1 is 1.33 bits per heavy atom. The molecule has 0 radical (unpaired) electrons. The smallest absolute Gasteiger partial charge is 0.409 e. The molecule has 1 heterocycles. The number of nitrogens with zero attached hydrogens (tertiary/aromatic N) is 3. The second-order valence-corrected chi connectivity index (χ2v) is 6.05. The van der Waals surface area contributed by atoms with Crippen molar-refractivity contribution < 1.29 is 14.5 Å². The quantitative estimate of drug-likeness (QED) is 0.657. The van der Waals surface area contributed by atoms with Gasteiger partial charge in [-0.1, -0.05) is 0 Å². The summed E-state index contributed by atoms with van der Waals surface area (Å²) in [5.74, 6) is 0. The van der Waals surface area contributed by atoms with Crippen molar-refractivity contribution in [2.45, 2.75) is 25.8 Å². The van der Waals surface area contributed by atoms with Gasteiger partial charge in [-0.25, -0.2) is 4.79 Å². The molecule has 1 saturated heterocycles. The number of piperazine rings is 1. The Hall–Kier alpha value is -2.51. The summed E-state index contributed by atoms with van der Waals surface area (Å²) in [6.45, 7) is 4.69. The van der Waals surface area contributed by atoms with Gasteiger partial charge in [-0.2, -0.15) is 0 Å². The summed E-state index contributed by atoms with van der Waals surface area (Å²) in [4.78, 5) is 26.4. The van der Waals surface area contributed by atoms with E-state index in [0.717, 1.165) is 18.5 Å². The van der Waals surface area contributed by atoms with Crippen LogP contribution in [0.5, 0.6) is 0 Å². The summed E-state index contributed by atoms with van der Waals surface area (Å²) in [6, 6.07) is 5.52. The van der Waals surface area contributed by atoms with Crippen LogP contribution in [0.4, 0.5) is 21.9 Å². The topological polar surface area (TPSA) is 88.0 Å². The Bertz CT molecular complexity index is 625. The van der Waals surface area contributed by atoms with Gasteiger partial charge in [0.2, 0.25) is 0 Å². The average Bonchev–Trinajstić information content (AvgIpc) is 3.39. The van der Waals surface area contributed by atoms with Crippen molar-refractivity contribution >= 4 is 23.2 Å². The summed E-state index contributed by atoms with van der Waals surface area (Å²) in [6.07, 6.45) is 1.83. The van der Waals surface area contributed by atoms with Gasteiger partial charge < -0.3 is 19.9 Å². The highest BCUT2D eigenvalue weighted by molar-refractivity contribution is 5.71. The third kappa shape index (κ3) is 3.69. The normalized spacial score (nSPS) is 17.5. The third-order valence-corrected chi connectivity index (χ3v) is 4.28. The number of anilines is 2. The molecular formula is C16H22N4O4. The summed E-state index contributed by atoms with van der Waals surface area (Å²) >= 11 is 0. The van der Waals surface area contributed by atoms with Crippen molar-refractivity contribution in [1.82, 2.24) is 4.90 Å². The number of carbonyl (C=O) groups excluding carboxylic acids is 1. The third-order valence-electron chi connectivity index (χ3n) is 4.28. The van der Waals surface area contributed by atoms with Gasteiger partial charge in [0.1, 0.15) is 5.69 Å². The first-order valence-electron chi connectivity index (χ1n) is 8.30. The van der Waals surface area contributed by atoms with E-state index in [1.807, 2.05) is 6.07 Å². The Labute approximate surface area is 140 Å². The maximum Gasteiger partial charge on any atom is 0.409 e. The Kier molecular flexibility index (Phi) is 4.73. The van der Waals surface area contributed by atoms with Gasteiger partial charge in [0.25, 0.3) is 5.69 Å². The fraction of sp³-hybridized carbons (Fsp3) is 0.562. The van der Waals surface area contributed by atoms with E-state index in [-0.39, 0.29) is 16.7 Å². The molecule has 3 rings (SSSR count). The van der Waals surface area contributed by atoms with Crippen molar-refractivity contribution in [3.63, 3.8) is 0 Å². The molecule has 8 nitrogen and oxygen atoms in total. The van der Waals surface area contributed by atoms with Crippen LogP contribution in [0, 0.1) is 10.1 Å². The molecule has 0 unspecified atom stereocenters. The number of benzene rings is 1. The van der Waals surface area contributed by atoms with E-state index in [0.29, 0.717) is 44.5 Å². The minimum atomic E-state index is -0.354. The van der Waals surface area contributed by atoms with E-state index in [2.05, 4.69) is 10.2 Å². The van der Waals surface area contributed by atoms with Crippen molar-refractivity contribution in [2.24, 2.45) is 0 Å². The summed E-state index contributed by atoms with van der Waals surface area (Å²) < 4.78 is 5.02. The van der Waals surface area contributed by atoms with E-state index in [9.17, 15) is 14.9 Å². The number of carbonyl (C=O) groups is 1. The van der Waals surface area contributed by atoms with Crippen LogP contribution >= 0.6 is 0 Å². The Morgan fingerprint density at radius 2 is 2.04 bits per heavy atom. The number of rotatable bonds is 5. The van der Waals surface area contributed by atoms with Crippen LogP contribution in [0.3, 0.4) is 0 Å². The standard InChI is InChI=1S/C16H22N4O4/c1-2-24-16(21)19-9-7-18(8-10-19)13-5-6-15(20(22)23)14(11-13)17-12-3-4-12/h5-6,11-12,17H,2-4,7-10H2,1H3. The number of nitrogens with one attached hydrogen (secondary N) is 1. The highest BCUT2D eigenvalue weighted by Crippen LogP contribution is 2.34. The zero-order valence-electron chi connectivity index (χ0n) is 13.7. The fourth-order valence-electron chi connectivity index (χ4n) is 2.81. The molecule has 0 atom stereocenters. The monoisotopic (exact) mass is 334 g/mol. The molecule has 1 aliphatic carbocycles. The maximum absolute atomic E-state index is 11.7. The van der Waals surface area contributed by atoms with Crippen molar-refractivity contribution in [2.75, 3.05) is 43.0 Å². The molecule has 1 aromatic rings. The summed E-state index contributed by atoms with van der Waals surface area (Å²) in [7, 11) is 0. The highest BCUT2D eigenvalue weighted by Gasteiger charge is 2.27. The van der Waals surface area contributed by atoms with Gasteiger partial charge >= 0.3 is 6.09 Å². The van der Waals surface area contributed by atoms with Crippen LogP contribution in [-0.2, 0) is 4.74 Å². The first-order valence-corrected chi connectivity index (χ1v) is 8.30. The van der Waals surface area contributed by atoms with Crippen LogP contribution in [0.2, 0.25) is 0 Å². The second-order valence-electron chi connectivity index (χ2n) is 6.05. The molecule has 0 spiro atoms. The lowest BCUT2D eigenvalue weighted by Gasteiger charge is -2.35. The largest absolute Gasteiger partial charge is 0.450 e. The molecule has 2 fully saturated rings. The zero-order valence-corrected chi connectivity index (χ0v) is 13.7. The molecule has 8 heteroatoms. The predicted octanol–water partition coefficient (Wildman–Crippen LogP) is 2.45. The highest BCUT2D eigenvalue weighted by atomic mass is 16.6. The number of hydrogen-bond donors (Lipinski definition) is 1. The molecule has 0 aromatic heterocycles. The molecule has 1 amide bonds. The Balaban J connectivity index is 1.69. The predicted molar refractivity (Wildman–Crippen MR) is 90.5 cm³/mol. The van der Waals surface area contributed by atoms with Gasteiger partial charge in [-0.3, -0.25) is 10.1 Å². The van der Waals surface area contributed by atoms with E-state index >= 15 is 0 Å². The number of nitro benzene ring substituents is 1. The summed E-state index contributed by atoms with van der Waals surface area (Å²) in [5, 5.41) is 14.4. The molecule has 130 valence electrons.